The molecule has 5 nitrogen and oxygen atoms in total. The summed E-state index contributed by atoms with van der Waals surface area (Å²) in [5.74, 6) is -0.945. The predicted octanol–water partition coefficient (Wildman–Crippen LogP) is 5.19. The van der Waals surface area contributed by atoms with Gasteiger partial charge in [0.25, 0.3) is 5.91 Å². The molecular weight excluding hydrogens is 386 g/mol. The van der Waals surface area contributed by atoms with Gasteiger partial charge < -0.3 is 15.2 Å². The lowest BCUT2D eigenvalue weighted by Gasteiger charge is -2.13. The molecule has 0 radical (unpaired) electrons. The van der Waals surface area contributed by atoms with Gasteiger partial charge in [-0.2, -0.15) is 0 Å². The Labute approximate surface area is 173 Å². The van der Waals surface area contributed by atoms with Crippen LogP contribution in [0.1, 0.15) is 21.5 Å². The monoisotopic (exact) mass is 407 g/mol. The number of phenols is 1. The van der Waals surface area contributed by atoms with Crippen molar-refractivity contribution in [2.45, 2.75) is 18.7 Å². The van der Waals surface area contributed by atoms with E-state index in [0.717, 1.165) is 21.4 Å². The minimum absolute atomic E-state index is 0.0790. The molecule has 2 N–H and O–H groups in total. The standard InChI is InChI=1S/C23H21NO4S/c1-14-8-9-15(2)19(12-14)24-23(27)18-13-20(29-11-10-21(25)28-3)16-6-4-5-7-17(16)22(18)26/h4-13,26H,1-3H3,(H,24,27)/b11-10+. The van der Waals surface area contributed by atoms with E-state index < -0.39 is 11.9 Å². The number of ether oxygens (including phenoxy) is 1. The summed E-state index contributed by atoms with van der Waals surface area (Å²) in [5.41, 5.74) is 2.82. The van der Waals surface area contributed by atoms with Gasteiger partial charge in [0.1, 0.15) is 5.75 Å². The first kappa shape index (κ1) is 20.5. The molecule has 0 aromatic heterocycles. The number of fused-ring (bicyclic) bond motifs is 1. The molecule has 0 aliphatic carbocycles. The molecule has 0 bridgehead atoms. The highest BCUT2D eigenvalue weighted by Crippen LogP contribution is 2.37. The highest BCUT2D eigenvalue weighted by atomic mass is 32.2. The zero-order valence-electron chi connectivity index (χ0n) is 16.4. The van der Waals surface area contributed by atoms with Crippen LogP contribution in [0.2, 0.25) is 0 Å². The maximum Gasteiger partial charge on any atom is 0.330 e. The first-order valence-electron chi connectivity index (χ1n) is 8.95. The van der Waals surface area contributed by atoms with Crippen molar-refractivity contribution in [3.8, 4) is 5.75 Å². The van der Waals surface area contributed by atoms with Gasteiger partial charge in [-0.05, 0) is 47.9 Å². The van der Waals surface area contributed by atoms with E-state index in [0.29, 0.717) is 11.1 Å². The Morgan fingerprint density at radius 2 is 1.79 bits per heavy atom. The summed E-state index contributed by atoms with van der Waals surface area (Å²) in [7, 11) is 1.31. The maximum atomic E-state index is 13.0. The number of amides is 1. The third-order valence-electron chi connectivity index (χ3n) is 4.46. The Hall–Kier alpha value is -3.25. The van der Waals surface area contributed by atoms with Crippen LogP contribution in [0, 0.1) is 13.8 Å². The summed E-state index contributed by atoms with van der Waals surface area (Å²) in [6.07, 6.45) is 1.31. The van der Waals surface area contributed by atoms with Crippen LogP contribution in [0.5, 0.6) is 5.75 Å². The van der Waals surface area contributed by atoms with Gasteiger partial charge in [0.15, 0.2) is 0 Å². The number of anilines is 1. The summed E-state index contributed by atoms with van der Waals surface area (Å²) in [6.45, 7) is 3.86. The second-order valence-corrected chi connectivity index (χ2v) is 7.48. The average Bonchev–Trinajstić information content (AvgIpc) is 2.72. The van der Waals surface area contributed by atoms with Crippen molar-refractivity contribution in [2.24, 2.45) is 0 Å². The zero-order valence-corrected chi connectivity index (χ0v) is 17.2. The smallest absolute Gasteiger partial charge is 0.330 e. The Morgan fingerprint density at radius 1 is 1.07 bits per heavy atom. The molecular formula is C23H21NO4S. The highest BCUT2D eigenvalue weighted by molar-refractivity contribution is 8.02. The zero-order chi connectivity index (χ0) is 21.0. The second kappa shape index (κ2) is 8.84. The van der Waals surface area contributed by atoms with Crippen molar-refractivity contribution >= 4 is 40.1 Å². The fourth-order valence-electron chi connectivity index (χ4n) is 2.89. The lowest BCUT2D eigenvalue weighted by Crippen LogP contribution is -2.13. The molecule has 0 aliphatic rings. The molecule has 29 heavy (non-hydrogen) atoms. The first-order chi connectivity index (χ1) is 13.9. The Balaban J connectivity index is 2.01. The van der Waals surface area contributed by atoms with Crippen molar-refractivity contribution in [1.82, 2.24) is 0 Å². The summed E-state index contributed by atoms with van der Waals surface area (Å²) >= 11 is 1.27. The number of aromatic hydroxyl groups is 1. The van der Waals surface area contributed by atoms with E-state index in [9.17, 15) is 14.7 Å². The van der Waals surface area contributed by atoms with Gasteiger partial charge in [-0.1, -0.05) is 48.2 Å². The first-order valence-corrected chi connectivity index (χ1v) is 9.83. The SMILES string of the molecule is COC(=O)/C=C/Sc1cc(C(=O)Nc2cc(C)ccc2C)c(O)c2ccccc12. The largest absolute Gasteiger partial charge is 0.506 e. The second-order valence-electron chi connectivity index (χ2n) is 6.53. The molecule has 0 unspecified atom stereocenters. The number of benzene rings is 3. The van der Waals surface area contributed by atoms with Gasteiger partial charge >= 0.3 is 5.97 Å². The minimum atomic E-state index is -0.464. The van der Waals surface area contributed by atoms with E-state index in [1.54, 1.807) is 23.6 Å². The van der Waals surface area contributed by atoms with E-state index in [1.807, 2.05) is 44.2 Å². The van der Waals surface area contributed by atoms with Crippen LogP contribution in [-0.2, 0) is 9.53 Å². The van der Waals surface area contributed by atoms with Crippen LogP contribution in [-0.4, -0.2) is 24.1 Å². The molecule has 148 valence electrons. The average molecular weight is 407 g/mol. The number of aryl methyl sites for hydroxylation is 2. The van der Waals surface area contributed by atoms with Crippen LogP contribution in [0.25, 0.3) is 10.8 Å². The molecule has 0 spiro atoms. The van der Waals surface area contributed by atoms with Gasteiger partial charge in [0.05, 0.1) is 12.7 Å². The van der Waals surface area contributed by atoms with E-state index >= 15 is 0 Å². The van der Waals surface area contributed by atoms with Crippen LogP contribution in [0.4, 0.5) is 5.69 Å². The third-order valence-corrected chi connectivity index (χ3v) is 5.33. The van der Waals surface area contributed by atoms with Crippen LogP contribution < -0.4 is 5.32 Å². The molecule has 0 heterocycles. The number of nitrogens with one attached hydrogen (secondary N) is 1. The quantitative estimate of drug-likeness (QED) is 0.346. The summed E-state index contributed by atoms with van der Waals surface area (Å²) in [5, 5.41) is 16.6. The molecule has 0 aliphatic heterocycles. The molecule has 0 fully saturated rings. The Kier molecular flexibility index (Phi) is 6.24. The summed E-state index contributed by atoms with van der Waals surface area (Å²) in [4.78, 5) is 25.0. The lowest BCUT2D eigenvalue weighted by molar-refractivity contribution is -0.134. The molecule has 3 rings (SSSR count). The van der Waals surface area contributed by atoms with Crippen LogP contribution in [0.3, 0.4) is 0 Å². The molecule has 0 saturated carbocycles. The fourth-order valence-corrected chi connectivity index (χ4v) is 3.71. The van der Waals surface area contributed by atoms with Crippen molar-refractivity contribution in [2.75, 3.05) is 12.4 Å². The number of hydrogen-bond donors (Lipinski definition) is 2. The number of phenolic OH excluding ortho intramolecular Hbond substituents is 1. The highest BCUT2D eigenvalue weighted by Gasteiger charge is 2.18. The Morgan fingerprint density at radius 3 is 2.52 bits per heavy atom. The van der Waals surface area contributed by atoms with Crippen LogP contribution in [0.15, 0.2) is 64.9 Å². The molecule has 6 heteroatoms. The number of methoxy groups -OCH3 is 1. The number of thioether (sulfide) groups is 1. The molecule has 1 amide bonds. The number of carbonyl (C=O) groups is 2. The predicted molar refractivity (Wildman–Crippen MR) is 116 cm³/mol. The molecule has 3 aromatic carbocycles. The van der Waals surface area contributed by atoms with Crippen molar-refractivity contribution < 1.29 is 19.4 Å². The molecule has 3 aromatic rings. The number of carbonyl (C=O) groups excluding carboxylic acids is 2. The van der Waals surface area contributed by atoms with Gasteiger partial charge in [-0.25, -0.2) is 4.79 Å². The van der Waals surface area contributed by atoms with Gasteiger partial charge in [-0.15, -0.1) is 0 Å². The fraction of sp³-hybridized carbons (Fsp3) is 0.130. The van der Waals surface area contributed by atoms with Crippen molar-refractivity contribution in [3.05, 3.63) is 76.7 Å². The summed E-state index contributed by atoms with van der Waals surface area (Å²) < 4.78 is 4.60. The number of esters is 1. The lowest BCUT2D eigenvalue weighted by atomic mass is 10.0. The normalized spacial score (nSPS) is 11.0. The minimum Gasteiger partial charge on any atom is -0.506 e. The van der Waals surface area contributed by atoms with Crippen LogP contribution >= 0.6 is 11.8 Å². The Bertz CT molecular complexity index is 1120. The van der Waals surface area contributed by atoms with Crippen molar-refractivity contribution in [3.63, 3.8) is 0 Å². The number of rotatable bonds is 5. The van der Waals surface area contributed by atoms with E-state index in [-0.39, 0.29) is 11.3 Å². The third kappa shape index (κ3) is 4.60. The molecule has 0 saturated heterocycles. The number of hydrogen-bond acceptors (Lipinski definition) is 5. The van der Waals surface area contributed by atoms with Gasteiger partial charge in [0, 0.05) is 22.0 Å². The van der Waals surface area contributed by atoms with E-state index in [1.165, 1.54) is 24.9 Å². The van der Waals surface area contributed by atoms with E-state index in [4.69, 9.17) is 0 Å². The van der Waals surface area contributed by atoms with Gasteiger partial charge in [0.2, 0.25) is 0 Å². The maximum absolute atomic E-state index is 13.0. The van der Waals surface area contributed by atoms with Crippen molar-refractivity contribution in [1.29, 1.82) is 0 Å². The summed E-state index contributed by atoms with van der Waals surface area (Å²) in [6, 6.07) is 14.7. The van der Waals surface area contributed by atoms with E-state index in [2.05, 4.69) is 10.1 Å². The molecule has 0 atom stereocenters. The van der Waals surface area contributed by atoms with Gasteiger partial charge in [-0.3, -0.25) is 4.79 Å². The topological polar surface area (TPSA) is 75.6 Å².